The van der Waals surface area contributed by atoms with E-state index in [4.69, 9.17) is 0 Å². The SMILES string of the molecule is O=C(Nc1cnccn1)c1ccncc1O. The van der Waals surface area contributed by atoms with E-state index in [1.54, 1.807) is 0 Å². The number of carbonyl (C=O) groups is 1. The van der Waals surface area contributed by atoms with E-state index in [0.717, 1.165) is 0 Å². The summed E-state index contributed by atoms with van der Waals surface area (Å²) in [6.45, 7) is 0. The van der Waals surface area contributed by atoms with Gasteiger partial charge in [-0.3, -0.25) is 14.8 Å². The molecule has 0 saturated heterocycles. The van der Waals surface area contributed by atoms with Crippen LogP contribution >= 0.6 is 0 Å². The molecule has 0 aliphatic carbocycles. The van der Waals surface area contributed by atoms with Crippen molar-refractivity contribution in [1.29, 1.82) is 0 Å². The van der Waals surface area contributed by atoms with Crippen LogP contribution in [0.5, 0.6) is 5.75 Å². The molecule has 6 heteroatoms. The lowest BCUT2D eigenvalue weighted by molar-refractivity contribution is 0.102. The van der Waals surface area contributed by atoms with Gasteiger partial charge in [0.05, 0.1) is 18.0 Å². The molecule has 0 fully saturated rings. The lowest BCUT2D eigenvalue weighted by Gasteiger charge is -2.04. The van der Waals surface area contributed by atoms with Crippen molar-refractivity contribution in [3.05, 3.63) is 42.6 Å². The van der Waals surface area contributed by atoms with Crippen molar-refractivity contribution in [2.75, 3.05) is 5.32 Å². The Labute approximate surface area is 91.0 Å². The molecular weight excluding hydrogens is 208 g/mol. The molecule has 0 aliphatic rings. The van der Waals surface area contributed by atoms with Gasteiger partial charge in [-0.05, 0) is 6.07 Å². The van der Waals surface area contributed by atoms with Crippen molar-refractivity contribution < 1.29 is 9.90 Å². The molecule has 80 valence electrons. The molecule has 0 unspecified atom stereocenters. The Kier molecular flexibility index (Phi) is 2.73. The van der Waals surface area contributed by atoms with Crippen molar-refractivity contribution in [2.45, 2.75) is 0 Å². The van der Waals surface area contributed by atoms with Crippen LogP contribution in [0.25, 0.3) is 0 Å². The molecule has 0 bridgehead atoms. The van der Waals surface area contributed by atoms with Crippen LogP contribution in [-0.2, 0) is 0 Å². The maximum Gasteiger partial charge on any atom is 0.260 e. The first kappa shape index (κ1) is 10.0. The summed E-state index contributed by atoms with van der Waals surface area (Å²) >= 11 is 0. The number of rotatable bonds is 2. The van der Waals surface area contributed by atoms with Crippen molar-refractivity contribution >= 4 is 11.7 Å². The first-order valence-electron chi connectivity index (χ1n) is 4.48. The molecule has 2 rings (SSSR count). The van der Waals surface area contributed by atoms with Crippen LogP contribution in [0.15, 0.2) is 37.1 Å². The Balaban J connectivity index is 2.19. The van der Waals surface area contributed by atoms with Crippen LogP contribution in [0.1, 0.15) is 10.4 Å². The molecule has 0 aliphatic heterocycles. The van der Waals surface area contributed by atoms with E-state index < -0.39 is 5.91 Å². The van der Waals surface area contributed by atoms with Gasteiger partial charge in [-0.1, -0.05) is 0 Å². The third kappa shape index (κ3) is 2.11. The first-order chi connectivity index (χ1) is 7.77. The molecule has 2 aromatic rings. The summed E-state index contributed by atoms with van der Waals surface area (Å²) in [6, 6.07) is 1.42. The van der Waals surface area contributed by atoms with Gasteiger partial charge in [0.15, 0.2) is 5.82 Å². The Morgan fingerprint density at radius 2 is 2.00 bits per heavy atom. The zero-order valence-corrected chi connectivity index (χ0v) is 8.16. The minimum atomic E-state index is -0.458. The van der Waals surface area contributed by atoms with Gasteiger partial charge in [-0.2, -0.15) is 0 Å². The minimum absolute atomic E-state index is 0.139. The van der Waals surface area contributed by atoms with Crippen LogP contribution in [-0.4, -0.2) is 26.0 Å². The fraction of sp³-hybridized carbons (Fsp3) is 0. The van der Waals surface area contributed by atoms with Gasteiger partial charge >= 0.3 is 0 Å². The van der Waals surface area contributed by atoms with Gasteiger partial charge in [0.25, 0.3) is 5.91 Å². The molecule has 6 nitrogen and oxygen atoms in total. The van der Waals surface area contributed by atoms with E-state index in [-0.39, 0.29) is 11.3 Å². The first-order valence-corrected chi connectivity index (χ1v) is 4.48. The van der Waals surface area contributed by atoms with E-state index >= 15 is 0 Å². The lowest BCUT2D eigenvalue weighted by atomic mass is 10.2. The Morgan fingerprint density at radius 1 is 1.19 bits per heavy atom. The number of anilines is 1. The summed E-state index contributed by atoms with van der Waals surface area (Å²) < 4.78 is 0. The highest BCUT2D eigenvalue weighted by atomic mass is 16.3. The largest absolute Gasteiger partial charge is 0.505 e. The van der Waals surface area contributed by atoms with Crippen molar-refractivity contribution in [3.8, 4) is 5.75 Å². The molecule has 0 saturated carbocycles. The third-order valence-corrected chi connectivity index (χ3v) is 1.85. The molecule has 2 heterocycles. The standard InChI is InChI=1S/C10H8N4O2/c15-8-5-11-2-1-7(8)10(16)14-9-6-12-3-4-13-9/h1-6,15H,(H,13,14,16). The molecular formula is C10H8N4O2. The van der Waals surface area contributed by atoms with Gasteiger partial charge in [0, 0.05) is 18.6 Å². The second-order valence-corrected chi connectivity index (χ2v) is 2.94. The fourth-order valence-corrected chi connectivity index (χ4v) is 1.13. The highest BCUT2D eigenvalue weighted by molar-refractivity contribution is 6.05. The van der Waals surface area contributed by atoms with Gasteiger partial charge in [-0.25, -0.2) is 4.98 Å². The topological polar surface area (TPSA) is 88.0 Å². The van der Waals surface area contributed by atoms with Crippen molar-refractivity contribution in [2.24, 2.45) is 0 Å². The molecule has 0 aromatic carbocycles. The van der Waals surface area contributed by atoms with Crippen LogP contribution in [0.4, 0.5) is 5.82 Å². The van der Waals surface area contributed by atoms with E-state index in [0.29, 0.717) is 5.82 Å². The second-order valence-electron chi connectivity index (χ2n) is 2.94. The number of pyridine rings is 1. The number of nitrogens with one attached hydrogen (secondary N) is 1. The van der Waals surface area contributed by atoms with Crippen LogP contribution in [0.2, 0.25) is 0 Å². The lowest BCUT2D eigenvalue weighted by Crippen LogP contribution is -2.13. The molecule has 0 radical (unpaired) electrons. The number of hydrogen-bond acceptors (Lipinski definition) is 5. The molecule has 1 amide bonds. The summed E-state index contributed by atoms with van der Waals surface area (Å²) in [5.41, 5.74) is 0.139. The molecule has 16 heavy (non-hydrogen) atoms. The van der Waals surface area contributed by atoms with Crippen molar-refractivity contribution in [1.82, 2.24) is 15.0 Å². The number of aromatic hydroxyl groups is 1. The monoisotopic (exact) mass is 216 g/mol. The summed E-state index contributed by atoms with van der Waals surface area (Å²) in [7, 11) is 0. The highest BCUT2D eigenvalue weighted by Gasteiger charge is 2.10. The van der Waals surface area contributed by atoms with E-state index in [2.05, 4.69) is 20.3 Å². The van der Waals surface area contributed by atoms with E-state index in [1.165, 1.54) is 37.1 Å². The Morgan fingerprint density at radius 3 is 2.69 bits per heavy atom. The van der Waals surface area contributed by atoms with Gasteiger partial charge < -0.3 is 10.4 Å². The summed E-state index contributed by atoms with van der Waals surface area (Å²) in [6.07, 6.45) is 6.99. The Hall–Kier alpha value is -2.50. The second kappa shape index (κ2) is 4.35. The van der Waals surface area contributed by atoms with Gasteiger partial charge in [-0.15, -0.1) is 0 Å². The average molecular weight is 216 g/mol. The third-order valence-electron chi connectivity index (χ3n) is 1.85. The number of nitrogens with zero attached hydrogens (tertiary/aromatic N) is 3. The van der Waals surface area contributed by atoms with E-state index in [9.17, 15) is 9.90 Å². The number of carbonyl (C=O) groups excluding carboxylic acids is 1. The smallest absolute Gasteiger partial charge is 0.260 e. The number of amides is 1. The number of hydrogen-bond donors (Lipinski definition) is 2. The predicted molar refractivity (Wildman–Crippen MR) is 55.9 cm³/mol. The van der Waals surface area contributed by atoms with E-state index in [1.807, 2.05) is 0 Å². The Bertz CT molecular complexity index is 501. The maximum absolute atomic E-state index is 11.7. The molecule has 2 aromatic heterocycles. The zero-order valence-electron chi connectivity index (χ0n) is 8.16. The molecule has 0 atom stereocenters. The summed E-state index contributed by atoms with van der Waals surface area (Å²) in [5.74, 6) is -0.312. The van der Waals surface area contributed by atoms with Gasteiger partial charge in [0.1, 0.15) is 5.75 Å². The highest BCUT2D eigenvalue weighted by Crippen LogP contribution is 2.15. The van der Waals surface area contributed by atoms with Crippen molar-refractivity contribution in [3.63, 3.8) is 0 Å². The predicted octanol–water partition coefficient (Wildman–Crippen LogP) is 0.829. The normalized spacial score (nSPS) is 9.75. The van der Waals surface area contributed by atoms with Gasteiger partial charge in [0.2, 0.25) is 0 Å². The fourth-order valence-electron chi connectivity index (χ4n) is 1.13. The number of aromatic nitrogens is 3. The summed E-state index contributed by atoms with van der Waals surface area (Å²) in [4.78, 5) is 23.0. The van der Waals surface area contributed by atoms with Crippen LogP contribution < -0.4 is 5.32 Å². The van der Waals surface area contributed by atoms with Crippen LogP contribution in [0, 0.1) is 0 Å². The quantitative estimate of drug-likeness (QED) is 0.776. The minimum Gasteiger partial charge on any atom is -0.505 e. The zero-order chi connectivity index (χ0) is 11.4. The summed E-state index contributed by atoms with van der Waals surface area (Å²) in [5, 5.41) is 11.9. The molecule has 2 N–H and O–H groups in total. The maximum atomic E-state index is 11.7. The average Bonchev–Trinajstić information content (AvgIpc) is 2.31. The van der Waals surface area contributed by atoms with Crippen LogP contribution in [0.3, 0.4) is 0 Å². The molecule has 0 spiro atoms.